The van der Waals surface area contributed by atoms with Gasteiger partial charge >= 0.3 is 0 Å². The summed E-state index contributed by atoms with van der Waals surface area (Å²) in [6.07, 6.45) is 4.22. The van der Waals surface area contributed by atoms with Crippen LogP contribution in [0.1, 0.15) is 10.4 Å². The molecule has 10 nitrogen and oxygen atoms in total. The second kappa shape index (κ2) is 12.7. The summed E-state index contributed by atoms with van der Waals surface area (Å²) in [6.45, 7) is 4.26. The standard InChI is InChI=1S/C29H28F2N4O6/c1-37-24-3-5-32-17-20(24)29(36)34-18-13-21(30)28(22(31)14-18)41-25-4-6-33-23-16-27(26(38-2)15-19(23)25)40-12-9-35-7-10-39-11-8-35/h3-6,13-17H,7-12H2,1-2H3,(H,34,36). The maximum Gasteiger partial charge on any atom is 0.261 e. The van der Waals surface area contributed by atoms with E-state index in [9.17, 15) is 4.79 Å². The third-order valence-electron chi connectivity index (χ3n) is 6.47. The van der Waals surface area contributed by atoms with Gasteiger partial charge < -0.3 is 29.0 Å². The summed E-state index contributed by atoms with van der Waals surface area (Å²) >= 11 is 0. The monoisotopic (exact) mass is 566 g/mol. The van der Waals surface area contributed by atoms with Crippen molar-refractivity contribution < 1.29 is 37.3 Å². The fourth-order valence-electron chi connectivity index (χ4n) is 4.37. The Labute approximate surface area is 234 Å². The molecule has 0 atom stereocenters. The number of pyridine rings is 2. The van der Waals surface area contributed by atoms with Gasteiger partial charge in [-0.1, -0.05) is 0 Å². The zero-order chi connectivity index (χ0) is 28.8. The molecule has 4 aromatic rings. The predicted octanol–water partition coefficient (Wildman–Crippen LogP) is 4.68. The number of rotatable bonds is 10. The van der Waals surface area contributed by atoms with Crippen LogP contribution < -0.4 is 24.3 Å². The molecule has 3 heterocycles. The molecule has 1 aliphatic heterocycles. The summed E-state index contributed by atoms with van der Waals surface area (Å²) in [5.41, 5.74) is 0.487. The van der Waals surface area contributed by atoms with Crippen molar-refractivity contribution >= 4 is 22.5 Å². The highest BCUT2D eigenvalue weighted by molar-refractivity contribution is 6.06. The molecule has 1 saturated heterocycles. The number of methoxy groups -OCH3 is 2. The van der Waals surface area contributed by atoms with Gasteiger partial charge in [0.15, 0.2) is 28.9 Å². The maximum absolute atomic E-state index is 15.1. The first-order valence-electron chi connectivity index (χ1n) is 12.8. The lowest BCUT2D eigenvalue weighted by Crippen LogP contribution is -2.38. The number of aromatic nitrogens is 2. The van der Waals surface area contributed by atoms with Crippen molar-refractivity contribution in [1.82, 2.24) is 14.9 Å². The van der Waals surface area contributed by atoms with Gasteiger partial charge in [-0.15, -0.1) is 0 Å². The smallest absolute Gasteiger partial charge is 0.261 e. The predicted molar refractivity (Wildman–Crippen MR) is 146 cm³/mol. The van der Waals surface area contributed by atoms with Crippen LogP contribution in [0.2, 0.25) is 0 Å². The molecule has 0 bridgehead atoms. The number of halogens is 2. The van der Waals surface area contributed by atoms with Crippen LogP contribution in [-0.2, 0) is 4.74 Å². The van der Waals surface area contributed by atoms with Crippen LogP contribution in [0, 0.1) is 11.6 Å². The summed E-state index contributed by atoms with van der Waals surface area (Å²) in [5, 5.41) is 2.91. The quantitative estimate of drug-likeness (QED) is 0.293. The lowest BCUT2D eigenvalue weighted by Gasteiger charge is -2.26. The number of hydrogen-bond donors (Lipinski definition) is 1. The molecule has 1 aliphatic rings. The molecule has 41 heavy (non-hydrogen) atoms. The molecule has 214 valence electrons. The van der Waals surface area contributed by atoms with E-state index in [-0.39, 0.29) is 22.7 Å². The number of morpholine rings is 1. The summed E-state index contributed by atoms with van der Waals surface area (Å²) in [6, 6.07) is 8.25. The van der Waals surface area contributed by atoms with Gasteiger partial charge in [-0.3, -0.25) is 19.7 Å². The molecular formula is C29H28F2N4O6. The molecule has 2 aromatic heterocycles. The van der Waals surface area contributed by atoms with E-state index in [0.29, 0.717) is 42.2 Å². The van der Waals surface area contributed by atoms with Crippen LogP contribution in [0.4, 0.5) is 14.5 Å². The van der Waals surface area contributed by atoms with Crippen LogP contribution in [0.25, 0.3) is 10.9 Å². The minimum atomic E-state index is -1.02. The van der Waals surface area contributed by atoms with Gasteiger partial charge in [0.25, 0.3) is 5.91 Å². The van der Waals surface area contributed by atoms with Crippen molar-refractivity contribution in [2.24, 2.45) is 0 Å². The minimum absolute atomic E-state index is 0.108. The summed E-state index contributed by atoms with van der Waals surface area (Å²) in [5.74, 6) is -1.98. The number of anilines is 1. The third-order valence-corrected chi connectivity index (χ3v) is 6.47. The van der Waals surface area contributed by atoms with Crippen molar-refractivity contribution in [2.45, 2.75) is 0 Å². The molecule has 12 heteroatoms. The van der Waals surface area contributed by atoms with Gasteiger partial charge in [-0.2, -0.15) is 0 Å². The molecule has 5 rings (SSSR count). The molecule has 0 radical (unpaired) electrons. The zero-order valence-electron chi connectivity index (χ0n) is 22.5. The maximum atomic E-state index is 15.1. The van der Waals surface area contributed by atoms with Crippen molar-refractivity contribution in [2.75, 3.05) is 59.0 Å². The Balaban J connectivity index is 1.34. The molecular weight excluding hydrogens is 538 g/mol. The van der Waals surface area contributed by atoms with E-state index in [2.05, 4.69) is 20.2 Å². The first kappa shape index (κ1) is 28.0. The topological polar surface area (TPSA) is 104 Å². The Morgan fingerprint density at radius 2 is 1.71 bits per heavy atom. The largest absolute Gasteiger partial charge is 0.496 e. The van der Waals surface area contributed by atoms with E-state index in [1.54, 1.807) is 12.1 Å². The SMILES string of the molecule is COc1cc2c(Oc3c(F)cc(NC(=O)c4cnccc4OC)cc3F)ccnc2cc1OCCN1CCOCC1. The number of hydrogen-bond acceptors (Lipinski definition) is 9. The van der Waals surface area contributed by atoms with E-state index < -0.39 is 23.3 Å². The number of carbonyl (C=O) groups excluding carboxylic acids is 1. The summed E-state index contributed by atoms with van der Waals surface area (Å²) in [7, 11) is 2.90. The highest BCUT2D eigenvalue weighted by Gasteiger charge is 2.20. The molecule has 0 unspecified atom stereocenters. The van der Waals surface area contributed by atoms with E-state index >= 15 is 8.78 Å². The fourth-order valence-corrected chi connectivity index (χ4v) is 4.37. The molecule has 0 spiro atoms. The van der Waals surface area contributed by atoms with E-state index in [0.717, 1.165) is 31.8 Å². The number of amides is 1. The first-order chi connectivity index (χ1) is 20.0. The normalized spacial score (nSPS) is 13.6. The van der Waals surface area contributed by atoms with Crippen LogP contribution >= 0.6 is 0 Å². The minimum Gasteiger partial charge on any atom is -0.496 e. The van der Waals surface area contributed by atoms with Gasteiger partial charge in [0.1, 0.15) is 18.1 Å². The Morgan fingerprint density at radius 1 is 0.976 bits per heavy atom. The number of ether oxygens (including phenoxy) is 5. The van der Waals surface area contributed by atoms with Crippen molar-refractivity contribution in [1.29, 1.82) is 0 Å². The number of nitrogens with one attached hydrogen (secondary N) is 1. The highest BCUT2D eigenvalue weighted by Crippen LogP contribution is 2.38. The molecule has 0 aliphatic carbocycles. The van der Waals surface area contributed by atoms with Crippen LogP contribution in [0.5, 0.6) is 28.7 Å². The van der Waals surface area contributed by atoms with Crippen molar-refractivity contribution in [3.05, 3.63) is 72.2 Å². The lowest BCUT2D eigenvalue weighted by atomic mass is 10.1. The molecule has 2 aromatic carbocycles. The van der Waals surface area contributed by atoms with E-state index in [4.69, 9.17) is 23.7 Å². The number of carbonyl (C=O) groups is 1. The number of benzene rings is 2. The molecule has 0 saturated carbocycles. The summed E-state index contributed by atoms with van der Waals surface area (Å²) < 4.78 is 57.8. The zero-order valence-corrected chi connectivity index (χ0v) is 22.5. The Kier molecular flexibility index (Phi) is 8.70. The molecule has 1 amide bonds. The van der Waals surface area contributed by atoms with Gasteiger partial charge in [0.05, 0.1) is 38.5 Å². The first-order valence-corrected chi connectivity index (χ1v) is 12.8. The van der Waals surface area contributed by atoms with Gasteiger partial charge in [0.2, 0.25) is 0 Å². The second-order valence-electron chi connectivity index (χ2n) is 9.03. The van der Waals surface area contributed by atoms with Crippen LogP contribution in [0.3, 0.4) is 0 Å². The second-order valence-corrected chi connectivity index (χ2v) is 9.03. The van der Waals surface area contributed by atoms with E-state index in [1.165, 1.54) is 44.9 Å². The molecule has 1 fully saturated rings. The highest BCUT2D eigenvalue weighted by atomic mass is 19.1. The van der Waals surface area contributed by atoms with Crippen molar-refractivity contribution in [3.8, 4) is 28.7 Å². The lowest BCUT2D eigenvalue weighted by molar-refractivity contribution is 0.0321. The van der Waals surface area contributed by atoms with Crippen LogP contribution in [-0.4, -0.2) is 74.4 Å². The number of fused-ring (bicyclic) bond motifs is 1. The third kappa shape index (κ3) is 6.44. The average Bonchev–Trinajstić information content (AvgIpc) is 2.99. The van der Waals surface area contributed by atoms with Crippen LogP contribution in [0.15, 0.2) is 55.0 Å². The van der Waals surface area contributed by atoms with Gasteiger partial charge in [0, 0.05) is 67.5 Å². The fraction of sp³-hybridized carbons (Fsp3) is 0.276. The van der Waals surface area contributed by atoms with E-state index in [1.807, 2.05) is 0 Å². The Bertz CT molecular complexity index is 1520. The average molecular weight is 567 g/mol. The van der Waals surface area contributed by atoms with Gasteiger partial charge in [-0.25, -0.2) is 8.78 Å². The van der Waals surface area contributed by atoms with Crippen molar-refractivity contribution in [3.63, 3.8) is 0 Å². The Hall–Kier alpha value is -4.55. The van der Waals surface area contributed by atoms with Gasteiger partial charge in [-0.05, 0) is 18.2 Å². The summed E-state index contributed by atoms with van der Waals surface area (Å²) in [4.78, 5) is 23.1. The Morgan fingerprint density at radius 3 is 2.44 bits per heavy atom. The molecule has 1 N–H and O–H groups in total. The number of nitrogens with zero attached hydrogens (tertiary/aromatic N) is 3.